The van der Waals surface area contributed by atoms with Crippen molar-refractivity contribution in [2.24, 2.45) is 11.8 Å². The SMILES string of the molecule is CCc1cnc(CNC(=O)NCC(CC(C)C)C(=O)O)s1. The maximum Gasteiger partial charge on any atom is 0.315 e. The molecular formula is C14H23N3O3S. The summed E-state index contributed by atoms with van der Waals surface area (Å²) in [5.41, 5.74) is 0. The number of nitrogens with one attached hydrogen (secondary N) is 2. The number of carboxylic acids is 1. The highest BCUT2D eigenvalue weighted by atomic mass is 32.1. The normalized spacial score (nSPS) is 12.2. The van der Waals surface area contributed by atoms with Crippen molar-refractivity contribution in [2.75, 3.05) is 6.54 Å². The Hall–Kier alpha value is -1.63. The van der Waals surface area contributed by atoms with Gasteiger partial charge < -0.3 is 15.7 Å². The molecule has 0 saturated heterocycles. The number of aryl methyl sites for hydroxylation is 1. The lowest BCUT2D eigenvalue weighted by Crippen LogP contribution is -2.39. The predicted molar refractivity (Wildman–Crippen MR) is 82.3 cm³/mol. The molecule has 0 spiro atoms. The van der Waals surface area contributed by atoms with Gasteiger partial charge in [-0.3, -0.25) is 4.79 Å². The van der Waals surface area contributed by atoms with E-state index in [0.717, 1.165) is 11.4 Å². The molecule has 0 aromatic carbocycles. The molecule has 6 nitrogen and oxygen atoms in total. The van der Waals surface area contributed by atoms with Crippen LogP contribution in [0, 0.1) is 11.8 Å². The molecule has 7 heteroatoms. The van der Waals surface area contributed by atoms with Crippen LogP contribution in [0.2, 0.25) is 0 Å². The third-order valence-electron chi connectivity index (χ3n) is 2.96. The second-order valence-corrected chi connectivity index (χ2v) is 6.50. The highest BCUT2D eigenvalue weighted by Gasteiger charge is 2.19. The standard InChI is InChI=1S/C14H23N3O3S/c1-4-11-7-15-12(21-11)8-17-14(20)16-6-10(13(18)19)5-9(2)3/h7,9-10H,4-6,8H2,1-3H3,(H,18,19)(H2,16,17,20). The molecular weight excluding hydrogens is 290 g/mol. The number of thiazole rings is 1. The Kier molecular flexibility index (Phi) is 7.14. The first-order valence-corrected chi connectivity index (χ1v) is 7.92. The number of hydrogen-bond acceptors (Lipinski definition) is 4. The largest absolute Gasteiger partial charge is 0.481 e. The first kappa shape index (κ1) is 17.4. The van der Waals surface area contributed by atoms with E-state index in [9.17, 15) is 9.59 Å². The van der Waals surface area contributed by atoms with Gasteiger partial charge in [0, 0.05) is 17.6 Å². The Morgan fingerprint density at radius 3 is 2.62 bits per heavy atom. The number of carboxylic acid groups (broad SMARTS) is 1. The molecule has 0 aliphatic carbocycles. The molecule has 2 amide bonds. The molecule has 0 saturated carbocycles. The second kappa shape index (κ2) is 8.61. The van der Waals surface area contributed by atoms with Crippen LogP contribution in [0.15, 0.2) is 6.20 Å². The summed E-state index contributed by atoms with van der Waals surface area (Å²) in [6.45, 7) is 6.47. The fourth-order valence-electron chi connectivity index (χ4n) is 1.87. The molecule has 1 atom stereocenters. The third-order valence-corrected chi connectivity index (χ3v) is 4.11. The lowest BCUT2D eigenvalue weighted by Gasteiger charge is -2.15. The van der Waals surface area contributed by atoms with Crippen LogP contribution in [0.5, 0.6) is 0 Å². The van der Waals surface area contributed by atoms with E-state index in [0.29, 0.717) is 13.0 Å². The number of nitrogens with zero attached hydrogens (tertiary/aromatic N) is 1. The summed E-state index contributed by atoms with van der Waals surface area (Å²) >= 11 is 1.56. The van der Waals surface area contributed by atoms with Gasteiger partial charge in [-0.25, -0.2) is 9.78 Å². The summed E-state index contributed by atoms with van der Waals surface area (Å²) in [5.74, 6) is -1.16. The van der Waals surface area contributed by atoms with Gasteiger partial charge in [0.25, 0.3) is 0 Å². The minimum Gasteiger partial charge on any atom is -0.481 e. The van der Waals surface area contributed by atoms with Crippen LogP contribution in [0.1, 0.15) is 37.1 Å². The molecule has 0 fully saturated rings. The van der Waals surface area contributed by atoms with Crippen molar-refractivity contribution >= 4 is 23.3 Å². The van der Waals surface area contributed by atoms with Crippen LogP contribution >= 0.6 is 11.3 Å². The quantitative estimate of drug-likeness (QED) is 0.686. The number of urea groups is 1. The Morgan fingerprint density at radius 2 is 2.10 bits per heavy atom. The van der Waals surface area contributed by atoms with Crippen molar-refractivity contribution in [1.82, 2.24) is 15.6 Å². The predicted octanol–water partition coefficient (Wildman–Crippen LogP) is 2.25. The number of aromatic nitrogens is 1. The fourth-order valence-corrected chi connectivity index (χ4v) is 2.67. The van der Waals surface area contributed by atoms with E-state index in [1.807, 2.05) is 20.0 Å². The van der Waals surface area contributed by atoms with E-state index in [1.54, 1.807) is 11.3 Å². The molecule has 0 aliphatic heterocycles. The first-order valence-electron chi connectivity index (χ1n) is 7.10. The highest BCUT2D eigenvalue weighted by Crippen LogP contribution is 2.13. The zero-order valence-electron chi connectivity index (χ0n) is 12.7. The summed E-state index contributed by atoms with van der Waals surface area (Å²) in [6, 6.07) is -0.363. The molecule has 1 aromatic heterocycles. The van der Waals surface area contributed by atoms with Gasteiger partial charge in [0.2, 0.25) is 0 Å². The van der Waals surface area contributed by atoms with Gasteiger partial charge in [-0.05, 0) is 18.8 Å². The van der Waals surface area contributed by atoms with Gasteiger partial charge in [-0.15, -0.1) is 11.3 Å². The van der Waals surface area contributed by atoms with E-state index in [4.69, 9.17) is 5.11 Å². The summed E-state index contributed by atoms with van der Waals surface area (Å²) in [4.78, 5) is 28.1. The van der Waals surface area contributed by atoms with E-state index in [-0.39, 0.29) is 18.5 Å². The Bertz CT molecular complexity index is 474. The van der Waals surface area contributed by atoms with Gasteiger partial charge >= 0.3 is 12.0 Å². The number of rotatable bonds is 8. The van der Waals surface area contributed by atoms with Gasteiger partial charge in [0.1, 0.15) is 5.01 Å². The van der Waals surface area contributed by atoms with Gasteiger partial charge in [-0.1, -0.05) is 20.8 Å². The Labute approximate surface area is 129 Å². The molecule has 3 N–H and O–H groups in total. The lowest BCUT2D eigenvalue weighted by molar-refractivity contribution is -0.142. The van der Waals surface area contributed by atoms with Crippen LogP contribution in [0.3, 0.4) is 0 Å². The van der Waals surface area contributed by atoms with Gasteiger partial charge in [-0.2, -0.15) is 0 Å². The number of carbonyl (C=O) groups is 2. The van der Waals surface area contributed by atoms with E-state index in [2.05, 4.69) is 22.5 Å². The third kappa shape index (κ3) is 6.57. The molecule has 118 valence electrons. The molecule has 1 unspecified atom stereocenters. The maximum absolute atomic E-state index is 11.7. The summed E-state index contributed by atoms with van der Waals surface area (Å²) in [5, 5.41) is 15.2. The molecule has 0 radical (unpaired) electrons. The summed E-state index contributed by atoms with van der Waals surface area (Å²) in [6.07, 6.45) is 3.28. The van der Waals surface area contributed by atoms with Crippen LogP contribution in [0.4, 0.5) is 4.79 Å². The van der Waals surface area contributed by atoms with Crippen molar-refractivity contribution in [3.63, 3.8) is 0 Å². The molecule has 0 aliphatic rings. The van der Waals surface area contributed by atoms with Crippen molar-refractivity contribution in [1.29, 1.82) is 0 Å². The molecule has 1 heterocycles. The highest BCUT2D eigenvalue weighted by molar-refractivity contribution is 7.11. The summed E-state index contributed by atoms with van der Waals surface area (Å²) < 4.78 is 0. The number of hydrogen-bond donors (Lipinski definition) is 3. The topological polar surface area (TPSA) is 91.3 Å². The summed E-state index contributed by atoms with van der Waals surface area (Å²) in [7, 11) is 0. The minimum atomic E-state index is -0.878. The first-order chi connectivity index (χ1) is 9.92. The smallest absolute Gasteiger partial charge is 0.315 e. The monoisotopic (exact) mass is 313 g/mol. The fraction of sp³-hybridized carbons (Fsp3) is 0.643. The van der Waals surface area contributed by atoms with Crippen LogP contribution in [-0.2, 0) is 17.8 Å². The molecule has 1 aromatic rings. The van der Waals surface area contributed by atoms with Crippen LogP contribution in [0.25, 0.3) is 0 Å². The van der Waals surface area contributed by atoms with Crippen LogP contribution < -0.4 is 10.6 Å². The maximum atomic E-state index is 11.7. The molecule has 21 heavy (non-hydrogen) atoms. The molecule has 0 bridgehead atoms. The average molecular weight is 313 g/mol. The van der Waals surface area contributed by atoms with E-state index >= 15 is 0 Å². The van der Waals surface area contributed by atoms with Crippen LogP contribution in [-0.4, -0.2) is 28.6 Å². The van der Waals surface area contributed by atoms with E-state index in [1.165, 1.54) is 4.88 Å². The van der Waals surface area contributed by atoms with Gasteiger partial charge in [0.05, 0.1) is 12.5 Å². The Morgan fingerprint density at radius 1 is 1.38 bits per heavy atom. The zero-order chi connectivity index (χ0) is 15.8. The Balaban J connectivity index is 2.33. The zero-order valence-corrected chi connectivity index (χ0v) is 13.5. The molecule has 1 rings (SSSR count). The number of amides is 2. The van der Waals surface area contributed by atoms with Gasteiger partial charge in [0.15, 0.2) is 0 Å². The van der Waals surface area contributed by atoms with E-state index < -0.39 is 11.9 Å². The van der Waals surface area contributed by atoms with Crippen molar-refractivity contribution in [2.45, 2.75) is 40.2 Å². The van der Waals surface area contributed by atoms with Crippen molar-refractivity contribution in [3.8, 4) is 0 Å². The lowest BCUT2D eigenvalue weighted by atomic mass is 9.97. The second-order valence-electron chi connectivity index (χ2n) is 5.30. The van der Waals surface area contributed by atoms with Crippen molar-refractivity contribution < 1.29 is 14.7 Å². The minimum absolute atomic E-state index is 0.136. The average Bonchev–Trinajstić information content (AvgIpc) is 2.88. The number of carbonyl (C=O) groups excluding carboxylic acids is 1. The number of aliphatic carboxylic acids is 1. The van der Waals surface area contributed by atoms with Crippen molar-refractivity contribution in [3.05, 3.63) is 16.1 Å².